The molecule has 11 nitrogen and oxygen atoms in total. The van der Waals surface area contributed by atoms with Gasteiger partial charge in [0.25, 0.3) is 5.09 Å². The number of carbonyl (C=O) groups is 1. The molecular weight excluding hydrogens is 282 g/mol. The van der Waals surface area contributed by atoms with Crippen molar-refractivity contribution in [3.8, 4) is 0 Å². The number of aliphatic carboxylic acids is 1. The van der Waals surface area contributed by atoms with Crippen LogP contribution in [-0.2, 0) is 21.6 Å². The van der Waals surface area contributed by atoms with Gasteiger partial charge in [-0.15, -0.1) is 21.7 Å². The molecule has 0 bridgehead atoms. The molecule has 100 valence electrons. The molecule has 11 N–H and O–H groups in total. The van der Waals surface area contributed by atoms with E-state index < -0.39 is 16.9 Å². The van der Waals surface area contributed by atoms with Crippen LogP contribution in [-0.4, -0.2) is 22.1 Å². The summed E-state index contributed by atoms with van der Waals surface area (Å²) >= 11 is 4.67. The van der Waals surface area contributed by atoms with E-state index >= 15 is 0 Å². The zero-order chi connectivity index (χ0) is 7.86. The van der Waals surface area contributed by atoms with Gasteiger partial charge in [0, 0.05) is 0 Å². The Labute approximate surface area is 102 Å². The molecule has 0 saturated carbocycles. The van der Waals surface area contributed by atoms with Crippen molar-refractivity contribution in [2.24, 2.45) is 0 Å². The smallest absolute Gasteiger partial charge is 0.693 e. The fourth-order valence-electron chi connectivity index (χ4n) is 0. The number of alkyl halides is 1. The summed E-state index contributed by atoms with van der Waals surface area (Å²) in [4.78, 5) is 17.5. The second-order valence-corrected chi connectivity index (χ2v) is 1.01. The van der Waals surface area contributed by atoms with Crippen LogP contribution >= 0.6 is 11.6 Å². The summed E-state index contributed by atoms with van der Waals surface area (Å²) in [7, 11) is 0. The largest absolute Gasteiger partial charge is 3.00 e. The van der Waals surface area contributed by atoms with E-state index in [-0.39, 0.29) is 47.5 Å². The van der Waals surface area contributed by atoms with Gasteiger partial charge < -0.3 is 45.9 Å². The van der Waals surface area contributed by atoms with Crippen LogP contribution in [0, 0.1) is 10.1 Å². The van der Waals surface area contributed by atoms with Crippen LogP contribution in [0.15, 0.2) is 0 Å². The van der Waals surface area contributed by atoms with E-state index in [9.17, 15) is 0 Å². The number of halogens is 1. The normalized spacial score (nSPS) is 4.07. The molecular formula is C2H13ClCoN6O5-3. The number of hydrogen-bond donors (Lipinski definition) is 1. The van der Waals surface area contributed by atoms with Crippen LogP contribution in [0.4, 0.5) is 0 Å². The maximum absolute atomic E-state index is 9.12. The number of carboxylic acid groups (broad SMARTS) is 1. The molecule has 13 heteroatoms. The Balaban J connectivity index is -0.00000000785. The summed E-state index contributed by atoms with van der Waals surface area (Å²) in [6, 6.07) is 0. The Kier molecular flexibility index (Phi) is 217. The summed E-state index contributed by atoms with van der Waals surface area (Å²) in [5.41, 5.74) is 0. The van der Waals surface area contributed by atoms with E-state index in [0.29, 0.717) is 0 Å². The SMILES string of the molecule is O=C([O-])CCl.O=[N+]([O-])O.[Co+3].[NH2-].[NH2-].[NH2-].[NH2-].[NH2-]. The number of nitrogens with zero attached hydrogens (tertiary/aromatic N) is 1. The Hall–Kier alpha value is -0.734. The van der Waals surface area contributed by atoms with E-state index in [4.69, 9.17) is 25.2 Å². The molecule has 0 aromatic carbocycles. The summed E-state index contributed by atoms with van der Waals surface area (Å²) in [5.74, 6) is -1.65. The van der Waals surface area contributed by atoms with Crippen molar-refractivity contribution in [3.05, 3.63) is 40.9 Å². The van der Waals surface area contributed by atoms with Crippen molar-refractivity contribution in [2.75, 3.05) is 5.88 Å². The van der Waals surface area contributed by atoms with E-state index in [0.717, 1.165) is 0 Å². The summed E-state index contributed by atoms with van der Waals surface area (Å²) in [6.45, 7) is 0. The van der Waals surface area contributed by atoms with E-state index in [2.05, 4.69) is 11.6 Å². The standard InChI is InChI=1S/C2H3ClO2.Co.HNO3.5H2N/c3-1-2(4)5;;2-1(3)4;;;;;/h1H2,(H,4,5);;(H,2,3,4);5*1H2/q;+3;;5*-1/p-1. The second-order valence-electron chi connectivity index (χ2n) is 0.743. The molecule has 0 atom stereocenters. The number of carbonyl (C=O) groups excluding carboxylic acids is 1. The van der Waals surface area contributed by atoms with Gasteiger partial charge in [-0.25, -0.2) is 0 Å². The third kappa shape index (κ3) is 1050. The molecule has 0 aliphatic rings. The van der Waals surface area contributed by atoms with Crippen LogP contribution in [0.3, 0.4) is 0 Å². The van der Waals surface area contributed by atoms with Crippen molar-refractivity contribution in [1.82, 2.24) is 0 Å². The van der Waals surface area contributed by atoms with Gasteiger partial charge in [-0.1, -0.05) is 0 Å². The van der Waals surface area contributed by atoms with Crippen molar-refractivity contribution in [1.29, 1.82) is 0 Å². The number of carboxylic acids is 1. The van der Waals surface area contributed by atoms with Gasteiger partial charge in [0.1, 0.15) is 0 Å². The first kappa shape index (κ1) is 63.9. The minimum atomic E-state index is -1.50. The zero-order valence-electron chi connectivity index (χ0n) is 7.33. The van der Waals surface area contributed by atoms with Crippen LogP contribution in [0.1, 0.15) is 0 Å². The molecule has 0 heterocycles. The van der Waals surface area contributed by atoms with Gasteiger partial charge in [-0.3, -0.25) is 0 Å². The first-order valence-electron chi connectivity index (χ1n) is 1.59. The first-order chi connectivity index (χ1) is 4.00. The maximum atomic E-state index is 9.12. The Morgan fingerprint density at radius 1 is 1.20 bits per heavy atom. The molecule has 0 spiro atoms. The summed E-state index contributed by atoms with van der Waals surface area (Å²) < 4.78 is 0. The monoisotopic (exact) mass is 295 g/mol. The Morgan fingerprint density at radius 2 is 1.27 bits per heavy atom. The van der Waals surface area contributed by atoms with Gasteiger partial charge in [0.05, 0.1) is 11.8 Å². The Morgan fingerprint density at radius 3 is 1.27 bits per heavy atom. The minimum absolute atomic E-state index is 0. The van der Waals surface area contributed by atoms with Crippen molar-refractivity contribution < 1.29 is 37.0 Å². The van der Waals surface area contributed by atoms with Gasteiger partial charge in [-0.05, 0) is 0 Å². The molecule has 0 radical (unpaired) electrons. The van der Waals surface area contributed by atoms with Crippen LogP contribution in [0.25, 0.3) is 30.8 Å². The topological polar surface area (TPSA) is 271 Å². The van der Waals surface area contributed by atoms with E-state index in [1.807, 2.05) is 0 Å². The van der Waals surface area contributed by atoms with Gasteiger partial charge in [0.15, 0.2) is 0 Å². The predicted molar refractivity (Wildman–Crippen MR) is 50.9 cm³/mol. The quantitative estimate of drug-likeness (QED) is 0.431. The second kappa shape index (κ2) is 50.8. The molecule has 0 aromatic rings. The average Bonchev–Trinajstić information content (AvgIpc) is 1.65. The van der Waals surface area contributed by atoms with Gasteiger partial charge in [0.2, 0.25) is 0 Å². The average molecular weight is 296 g/mol. The fourth-order valence-corrected chi connectivity index (χ4v) is 0. The molecule has 0 amide bonds. The van der Waals surface area contributed by atoms with Gasteiger partial charge >= 0.3 is 16.8 Å². The summed E-state index contributed by atoms with van der Waals surface area (Å²) in [6.07, 6.45) is 0. The molecule has 15 heavy (non-hydrogen) atoms. The Bertz CT molecular complexity index is 114. The summed E-state index contributed by atoms with van der Waals surface area (Å²) in [5, 5.41) is 22.8. The molecule has 0 aromatic heterocycles. The zero-order valence-corrected chi connectivity index (χ0v) is 9.13. The molecule has 0 unspecified atom stereocenters. The number of nitrogens with two attached hydrogens (primary N) is 5. The fraction of sp³-hybridized carbons (Fsp3) is 0.500. The van der Waals surface area contributed by atoms with Crippen molar-refractivity contribution in [3.63, 3.8) is 0 Å². The molecule has 0 aliphatic heterocycles. The van der Waals surface area contributed by atoms with Crippen molar-refractivity contribution >= 4 is 17.6 Å². The van der Waals surface area contributed by atoms with Gasteiger partial charge in [-0.2, -0.15) is 0 Å². The minimum Gasteiger partial charge on any atom is -0.693 e. The van der Waals surface area contributed by atoms with E-state index in [1.165, 1.54) is 0 Å². The first-order valence-corrected chi connectivity index (χ1v) is 2.13. The van der Waals surface area contributed by atoms with Crippen LogP contribution < -0.4 is 5.11 Å². The molecule has 0 rings (SSSR count). The van der Waals surface area contributed by atoms with E-state index in [1.54, 1.807) is 0 Å². The third-order valence-corrected chi connectivity index (χ3v) is 0.327. The number of rotatable bonds is 1. The third-order valence-electron chi connectivity index (χ3n) is 0.109. The van der Waals surface area contributed by atoms with Crippen LogP contribution in [0.5, 0.6) is 0 Å². The van der Waals surface area contributed by atoms with Crippen molar-refractivity contribution in [2.45, 2.75) is 0 Å². The molecule has 0 saturated heterocycles. The maximum Gasteiger partial charge on any atom is 3.00 e. The number of hydrogen-bond acceptors (Lipinski definition) is 4. The van der Waals surface area contributed by atoms with Crippen LogP contribution in [0.2, 0.25) is 0 Å². The molecule has 0 aliphatic carbocycles. The predicted octanol–water partition coefficient (Wildman–Crippen LogP) is 2.21. The molecule has 0 fully saturated rings.